The fourth-order valence-corrected chi connectivity index (χ4v) is 2.44. The summed E-state index contributed by atoms with van der Waals surface area (Å²) >= 11 is 0. The van der Waals surface area contributed by atoms with Gasteiger partial charge in [-0.3, -0.25) is 0 Å². The van der Waals surface area contributed by atoms with Crippen LogP contribution in [0, 0.1) is 0 Å². The van der Waals surface area contributed by atoms with Crippen molar-refractivity contribution in [2.24, 2.45) is 0 Å². The molecule has 112 valence electrons. The molecule has 1 heterocycles. The van der Waals surface area contributed by atoms with Crippen LogP contribution >= 0.6 is 0 Å². The van der Waals surface area contributed by atoms with E-state index in [4.69, 9.17) is 4.74 Å². The number of hydrogen-bond acceptors (Lipinski definition) is 5. The largest absolute Gasteiger partial charge is 0.393 e. The number of aliphatic hydroxyl groups is 4. The van der Waals surface area contributed by atoms with Crippen molar-refractivity contribution >= 4 is 0 Å². The van der Waals surface area contributed by atoms with Gasteiger partial charge in [0.15, 0.2) is 0 Å². The highest BCUT2D eigenvalue weighted by Crippen LogP contribution is 2.20. The van der Waals surface area contributed by atoms with Gasteiger partial charge in [-0.15, -0.1) is 0 Å². The first kappa shape index (κ1) is 15.4. The highest BCUT2D eigenvalue weighted by molar-refractivity contribution is 5.14. The van der Waals surface area contributed by atoms with Crippen LogP contribution in [0.1, 0.15) is 18.4 Å². The van der Waals surface area contributed by atoms with Crippen LogP contribution in [0.2, 0.25) is 0 Å². The van der Waals surface area contributed by atoms with Crippen LogP contribution in [0.15, 0.2) is 30.3 Å². The topological polar surface area (TPSA) is 90.2 Å². The Morgan fingerprint density at radius 1 is 1.10 bits per heavy atom. The number of aliphatic hydroxyl groups excluding tert-OH is 4. The first-order chi connectivity index (χ1) is 9.58. The van der Waals surface area contributed by atoms with Gasteiger partial charge in [0.05, 0.1) is 18.8 Å². The lowest BCUT2D eigenvalue weighted by atomic mass is 9.94. The van der Waals surface area contributed by atoms with E-state index in [2.05, 4.69) is 0 Å². The SMILES string of the molecule is O[C@H](CCc1ccccc1)C[C@@H]1OC[C@@H](O)[C@H](O)[C@H]1O. The van der Waals surface area contributed by atoms with Crippen molar-refractivity contribution in [3.8, 4) is 0 Å². The molecule has 1 saturated heterocycles. The zero-order valence-electron chi connectivity index (χ0n) is 11.3. The van der Waals surface area contributed by atoms with Crippen LogP contribution in [-0.2, 0) is 11.2 Å². The lowest BCUT2D eigenvalue weighted by Crippen LogP contribution is -2.53. The molecule has 20 heavy (non-hydrogen) atoms. The van der Waals surface area contributed by atoms with Crippen molar-refractivity contribution in [1.29, 1.82) is 0 Å². The molecule has 1 aliphatic rings. The lowest BCUT2D eigenvalue weighted by molar-refractivity contribution is -0.193. The molecule has 0 aromatic heterocycles. The van der Waals surface area contributed by atoms with Gasteiger partial charge in [0.25, 0.3) is 0 Å². The molecule has 0 radical (unpaired) electrons. The molecule has 0 saturated carbocycles. The maximum absolute atomic E-state index is 10.00. The monoisotopic (exact) mass is 282 g/mol. The van der Waals surface area contributed by atoms with Gasteiger partial charge in [0.1, 0.15) is 18.3 Å². The predicted molar refractivity (Wildman–Crippen MR) is 73.1 cm³/mol. The second-order valence-electron chi connectivity index (χ2n) is 5.33. The number of benzene rings is 1. The molecule has 0 bridgehead atoms. The Labute approximate surface area is 118 Å². The van der Waals surface area contributed by atoms with Crippen molar-refractivity contribution in [2.75, 3.05) is 6.61 Å². The molecule has 0 unspecified atom stereocenters. The molecule has 1 aromatic carbocycles. The molecule has 1 aliphatic heterocycles. The highest BCUT2D eigenvalue weighted by Gasteiger charge is 2.38. The van der Waals surface area contributed by atoms with E-state index < -0.39 is 30.5 Å². The third-order valence-corrected chi connectivity index (χ3v) is 3.72. The first-order valence-corrected chi connectivity index (χ1v) is 6.95. The summed E-state index contributed by atoms with van der Waals surface area (Å²) in [5.74, 6) is 0. The van der Waals surface area contributed by atoms with Gasteiger partial charge in [-0.2, -0.15) is 0 Å². The number of ether oxygens (including phenoxy) is 1. The Hall–Kier alpha value is -0.980. The van der Waals surface area contributed by atoms with E-state index in [0.717, 1.165) is 12.0 Å². The third kappa shape index (κ3) is 4.01. The van der Waals surface area contributed by atoms with Crippen molar-refractivity contribution in [1.82, 2.24) is 0 Å². The molecule has 4 N–H and O–H groups in total. The van der Waals surface area contributed by atoms with E-state index in [1.165, 1.54) is 0 Å². The molecule has 5 atom stereocenters. The smallest absolute Gasteiger partial charge is 0.111 e. The fourth-order valence-electron chi connectivity index (χ4n) is 2.44. The van der Waals surface area contributed by atoms with Crippen LogP contribution in [-0.4, -0.2) is 57.6 Å². The predicted octanol–water partition coefficient (Wildman–Crippen LogP) is -0.148. The average molecular weight is 282 g/mol. The second-order valence-corrected chi connectivity index (χ2v) is 5.33. The van der Waals surface area contributed by atoms with Crippen molar-refractivity contribution in [3.63, 3.8) is 0 Å². The van der Waals surface area contributed by atoms with Gasteiger partial charge in [-0.25, -0.2) is 0 Å². The lowest BCUT2D eigenvalue weighted by Gasteiger charge is -2.36. The Morgan fingerprint density at radius 3 is 2.50 bits per heavy atom. The minimum atomic E-state index is -1.21. The molecule has 1 fully saturated rings. The summed E-state index contributed by atoms with van der Waals surface area (Å²) in [6, 6.07) is 9.84. The minimum Gasteiger partial charge on any atom is -0.393 e. The van der Waals surface area contributed by atoms with E-state index in [1.54, 1.807) is 0 Å². The molecule has 0 amide bonds. The summed E-state index contributed by atoms with van der Waals surface area (Å²) in [5.41, 5.74) is 1.15. The quantitative estimate of drug-likeness (QED) is 0.603. The molecular weight excluding hydrogens is 260 g/mol. The van der Waals surface area contributed by atoms with Gasteiger partial charge >= 0.3 is 0 Å². The van der Waals surface area contributed by atoms with Gasteiger partial charge in [0, 0.05) is 6.42 Å². The maximum Gasteiger partial charge on any atom is 0.111 e. The maximum atomic E-state index is 10.00. The normalized spacial score (nSPS) is 32.0. The van der Waals surface area contributed by atoms with Crippen LogP contribution < -0.4 is 0 Å². The minimum absolute atomic E-state index is 0.0195. The number of rotatable bonds is 5. The van der Waals surface area contributed by atoms with Gasteiger partial charge in [0.2, 0.25) is 0 Å². The van der Waals surface area contributed by atoms with Crippen LogP contribution in [0.3, 0.4) is 0 Å². The van der Waals surface area contributed by atoms with Gasteiger partial charge < -0.3 is 25.2 Å². The van der Waals surface area contributed by atoms with E-state index >= 15 is 0 Å². The molecule has 0 spiro atoms. The standard InChI is InChI=1S/C15H22O5/c16-11(7-6-10-4-2-1-3-5-10)8-13-15(19)14(18)12(17)9-20-13/h1-5,11-19H,6-9H2/t11-,12-,13+,14+,15+/m1/s1. The Balaban J connectivity index is 1.78. The summed E-state index contributed by atoms with van der Waals surface area (Å²) in [7, 11) is 0. The van der Waals surface area contributed by atoms with Crippen LogP contribution in [0.25, 0.3) is 0 Å². The Bertz CT molecular complexity index is 397. The summed E-state index contributed by atoms with van der Waals surface area (Å²) in [6.45, 7) is -0.0195. The first-order valence-electron chi connectivity index (χ1n) is 6.95. The van der Waals surface area contributed by atoms with Crippen molar-refractivity contribution < 1.29 is 25.2 Å². The molecule has 2 rings (SSSR count). The van der Waals surface area contributed by atoms with Crippen LogP contribution in [0.5, 0.6) is 0 Å². The average Bonchev–Trinajstić information content (AvgIpc) is 2.47. The van der Waals surface area contributed by atoms with Gasteiger partial charge in [-0.1, -0.05) is 30.3 Å². The van der Waals surface area contributed by atoms with Crippen LogP contribution in [0.4, 0.5) is 0 Å². The third-order valence-electron chi connectivity index (χ3n) is 3.72. The van der Waals surface area contributed by atoms with E-state index in [0.29, 0.717) is 6.42 Å². The zero-order chi connectivity index (χ0) is 14.5. The summed E-state index contributed by atoms with van der Waals surface area (Å²) in [6.07, 6.45) is -3.14. The molecule has 5 nitrogen and oxygen atoms in total. The van der Waals surface area contributed by atoms with Crippen molar-refractivity contribution in [2.45, 2.75) is 49.8 Å². The highest BCUT2D eigenvalue weighted by atomic mass is 16.5. The molecule has 5 heteroatoms. The second kappa shape index (κ2) is 7.15. The van der Waals surface area contributed by atoms with E-state index in [9.17, 15) is 20.4 Å². The summed E-state index contributed by atoms with van der Waals surface area (Å²) in [5, 5.41) is 38.7. The Kier molecular flexibility index (Phi) is 5.51. The molecule has 0 aliphatic carbocycles. The summed E-state index contributed by atoms with van der Waals surface area (Å²) < 4.78 is 5.28. The van der Waals surface area contributed by atoms with E-state index in [-0.39, 0.29) is 13.0 Å². The Morgan fingerprint density at radius 2 is 1.80 bits per heavy atom. The zero-order valence-corrected chi connectivity index (χ0v) is 11.3. The van der Waals surface area contributed by atoms with Gasteiger partial charge in [-0.05, 0) is 18.4 Å². The number of hydrogen-bond donors (Lipinski definition) is 4. The van der Waals surface area contributed by atoms with E-state index in [1.807, 2.05) is 30.3 Å². The van der Waals surface area contributed by atoms with Crippen molar-refractivity contribution in [3.05, 3.63) is 35.9 Å². The molecule has 1 aromatic rings. The summed E-state index contributed by atoms with van der Waals surface area (Å²) in [4.78, 5) is 0. The fraction of sp³-hybridized carbons (Fsp3) is 0.600. The molecular formula is C15H22O5. The number of aryl methyl sites for hydroxylation is 1.